The molecule has 1 saturated heterocycles. The quantitative estimate of drug-likeness (QED) is 0.398. The molecule has 1 aromatic carbocycles. The van der Waals surface area contributed by atoms with E-state index in [1.165, 1.54) is 10.7 Å². The minimum absolute atomic E-state index is 0.0126. The Morgan fingerprint density at radius 1 is 1.09 bits per heavy atom. The van der Waals surface area contributed by atoms with Crippen LogP contribution < -0.4 is 10.6 Å². The first-order valence-corrected chi connectivity index (χ1v) is 11.4. The minimum atomic E-state index is -0.431. The summed E-state index contributed by atoms with van der Waals surface area (Å²) in [5.74, 6) is 0.906. The topological polar surface area (TPSA) is 91.1 Å². The van der Waals surface area contributed by atoms with Crippen molar-refractivity contribution in [3.63, 3.8) is 0 Å². The molecule has 0 aliphatic carbocycles. The highest BCUT2D eigenvalue weighted by Gasteiger charge is 2.28. The van der Waals surface area contributed by atoms with E-state index in [0.717, 1.165) is 42.7 Å². The summed E-state index contributed by atoms with van der Waals surface area (Å²) in [6, 6.07) is 12.3. The van der Waals surface area contributed by atoms with E-state index in [9.17, 15) is 9.50 Å². The number of pyridine rings is 2. The molecule has 0 saturated carbocycles. The van der Waals surface area contributed by atoms with Gasteiger partial charge in [-0.25, -0.2) is 19.0 Å². The minimum Gasteiger partial charge on any atom is -0.390 e. The predicted molar refractivity (Wildman–Crippen MR) is 131 cm³/mol. The third-order valence-electron chi connectivity index (χ3n) is 6.38. The van der Waals surface area contributed by atoms with Crippen LogP contribution in [0.15, 0.2) is 54.9 Å². The molecule has 0 amide bonds. The lowest BCUT2D eigenvalue weighted by Gasteiger charge is -2.39. The second-order valence-corrected chi connectivity index (χ2v) is 9.15. The van der Waals surface area contributed by atoms with Crippen LogP contribution in [0.2, 0.25) is 0 Å². The summed E-state index contributed by atoms with van der Waals surface area (Å²) >= 11 is 0. The number of benzene rings is 1. The highest BCUT2D eigenvalue weighted by molar-refractivity contribution is 5.82. The van der Waals surface area contributed by atoms with Crippen LogP contribution in [-0.4, -0.2) is 55.4 Å². The van der Waals surface area contributed by atoms with E-state index in [2.05, 4.69) is 39.6 Å². The van der Waals surface area contributed by atoms with Crippen LogP contribution in [0.3, 0.4) is 0 Å². The molecule has 4 aromatic rings. The molecule has 4 heterocycles. The number of aromatic nitrogens is 4. The van der Waals surface area contributed by atoms with Crippen molar-refractivity contribution in [3.05, 3.63) is 66.4 Å². The highest BCUT2D eigenvalue weighted by Crippen LogP contribution is 2.27. The fraction of sp³-hybridized carbons (Fsp3) is 0.320. The Morgan fingerprint density at radius 3 is 2.65 bits per heavy atom. The smallest absolute Gasteiger partial charge is 0.148 e. The number of hydrogen-bond acceptors (Lipinski definition) is 7. The molecule has 8 nitrogen and oxygen atoms in total. The maximum Gasteiger partial charge on any atom is 0.148 e. The number of nitrogens with one attached hydrogen (secondary N) is 2. The molecule has 0 spiro atoms. The van der Waals surface area contributed by atoms with Gasteiger partial charge in [-0.1, -0.05) is 0 Å². The molecule has 1 fully saturated rings. The van der Waals surface area contributed by atoms with Crippen molar-refractivity contribution in [2.24, 2.45) is 0 Å². The normalized spacial score (nSPS) is 16.0. The third kappa shape index (κ3) is 4.71. The second-order valence-electron chi connectivity index (χ2n) is 9.15. The van der Waals surface area contributed by atoms with Gasteiger partial charge in [0.25, 0.3) is 0 Å². The number of anilines is 3. The summed E-state index contributed by atoms with van der Waals surface area (Å²) in [5, 5.41) is 21.0. The molecule has 0 unspecified atom stereocenters. The van der Waals surface area contributed by atoms with Crippen LogP contribution >= 0.6 is 0 Å². The van der Waals surface area contributed by atoms with Gasteiger partial charge in [0.15, 0.2) is 0 Å². The van der Waals surface area contributed by atoms with Crippen LogP contribution in [0.5, 0.6) is 0 Å². The van der Waals surface area contributed by atoms with Crippen molar-refractivity contribution in [1.82, 2.24) is 24.6 Å². The number of aliphatic hydroxyl groups is 1. The van der Waals surface area contributed by atoms with Crippen LogP contribution in [0.1, 0.15) is 25.5 Å². The zero-order valence-corrected chi connectivity index (χ0v) is 19.3. The van der Waals surface area contributed by atoms with Gasteiger partial charge in [-0.05, 0) is 57.1 Å². The van der Waals surface area contributed by atoms with Gasteiger partial charge in [-0.3, -0.25) is 0 Å². The van der Waals surface area contributed by atoms with Crippen molar-refractivity contribution in [2.45, 2.75) is 31.9 Å². The van der Waals surface area contributed by atoms with Crippen molar-refractivity contribution in [3.8, 4) is 5.69 Å². The Kier molecular flexibility index (Phi) is 5.89. The van der Waals surface area contributed by atoms with Gasteiger partial charge >= 0.3 is 0 Å². The summed E-state index contributed by atoms with van der Waals surface area (Å²) in [4.78, 5) is 11.5. The van der Waals surface area contributed by atoms with Gasteiger partial charge in [-0.15, -0.1) is 0 Å². The summed E-state index contributed by atoms with van der Waals surface area (Å²) in [5.41, 5.74) is 2.18. The maximum absolute atomic E-state index is 14.8. The number of aliphatic hydroxyl groups excluding tert-OH is 1. The first kappa shape index (κ1) is 22.2. The first-order valence-electron chi connectivity index (χ1n) is 11.4. The Bertz CT molecular complexity index is 1310. The number of halogens is 1. The van der Waals surface area contributed by atoms with E-state index in [-0.39, 0.29) is 12.1 Å². The van der Waals surface area contributed by atoms with Gasteiger partial charge in [0.1, 0.15) is 17.5 Å². The Balaban J connectivity index is 1.34. The lowest BCUT2D eigenvalue weighted by molar-refractivity contribution is 0.216. The van der Waals surface area contributed by atoms with Gasteiger partial charge in [0.2, 0.25) is 0 Å². The molecule has 9 heteroatoms. The molecule has 1 aliphatic rings. The fourth-order valence-corrected chi connectivity index (χ4v) is 4.18. The van der Waals surface area contributed by atoms with Crippen molar-refractivity contribution < 1.29 is 9.50 Å². The lowest BCUT2D eigenvalue weighted by atomic mass is 9.90. The standard InChI is InChI=1S/C25H28FN7O/c1-25(8-11-32(2)12-9-25)30-23-6-3-17-15-27-24(14-22(17)29-23)28-21-5-4-19(13-20(21)26)33-10-7-18(16-34)31-33/h3-7,10,13-15,34H,8-9,11-12,16H2,1-2H3,(H,27,28)(H,29,30). The maximum atomic E-state index is 14.8. The molecule has 5 rings (SSSR count). The monoisotopic (exact) mass is 461 g/mol. The summed E-state index contributed by atoms with van der Waals surface area (Å²) in [6.45, 7) is 4.20. The molecule has 176 valence electrons. The number of piperidine rings is 1. The van der Waals surface area contributed by atoms with E-state index in [4.69, 9.17) is 4.98 Å². The van der Waals surface area contributed by atoms with Gasteiger partial charge in [0.05, 0.1) is 29.2 Å². The zero-order valence-electron chi connectivity index (χ0n) is 19.3. The molecule has 0 radical (unpaired) electrons. The molecular weight excluding hydrogens is 433 g/mol. The highest BCUT2D eigenvalue weighted by atomic mass is 19.1. The number of likely N-dealkylation sites (tertiary alicyclic amines) is 1. The van der Waals surface area contributed by atoms with Crippen LogP contribution in [0.4, 0.5) is 21.7 Å². The molecule has 34 heavy (non-hydrogen) atoms. The number of hydrogen-bond donors (Lipinski definition) is 3. The number of nitrogens with zero attached hydrogens (tertiary/aromatic N) is 5. The molecular formula is C25H28FN7O. The second kappa shape index (κ2) is 9.00. The van der Waals surface area contributed by atoms with Gasteiger partial charge in [-0.2, -0.15) is 5.10 Å². The summed E-state index contributed by atoms with van der Waals surface area (Å²) < 4.78 is 16.3. The third-order valence-corrected chi connectivity index (χ3v) is 6.38. The molecule has 0 bridgehead atoms. The Hall–Kier alpha value is -3.56. The van der Waals surface area contributed by atoms with Crippen LogP contribution in [0.25, 0.3) is 16.6 Å². The Labute approximate surface area is 197 Å². The van der Waals surface area contributed by atoms with Crippen LogP contribution in [-0.2, 0) is 6.61 Å². The zero-order chi connectivity index (χ0) is 23.7. The predicted octanol–water partition coefficient (Wildman–Crippen LogP) is 4.09. The Morgan fingerprint density at radius 2 is 1.91 bits per heavy atom. The lowest BCUT2D eigenvalue weighted by Crippen LogP contribution is -2.46. The van der Waals surface area contributed by atoms with E-state index in [1.807, 2.05) is 18.2 Å². The summed E-state index contributed by atoms with van der Waals surface area (Å²) in [7, 11) is 2.15. The molecule has 3 N–H and O–H groups in total. The largest absolute Gasteiger partial charge is 0.390 e. The number of rotatable bonds is 6. The molecule has 0 atom stereocenters. The van der Waals surface area contributed by atoms with E-state index < -0.39 is 5.82 Å². The van der Waals surface area contributed by atoms with Gasteiger partial charge in [0, 0.05) is 48.5 Å². The average molecular weight is 462 g/mol. The van der Waals surface area contributed by atoms with Crippen molar-refractivity contribution >= 4 is 28.2 Å². The first-order chi connectivity index (χ1) is 16.4. The van der Waals surface area contributed by atoms with Gasteiger partial charge < -0.3 is 20.6 Å². The average Bonchev–Trinajstić information content (AvgIpc) is 3.32. The van der Waals surface area contributed by atoms with E-state index in [0.29, 0.717) is 22.9 Å². The summed E-state index contributed by atoms with van der Waals surface area (Å²) in [6.07, 6.45) is 5.53. The SMILES string of the molecule is CN1CCC(C)(Nc2ccc3cnc(Nc4ccc(-n5ccc(CO)n5)cc4F)cc3n2)CC1. The van der Waals surface area contributed by atoms with E-state index >= 15 is 0 Å². The number of fused-ring (bicyclic) bond motifs is 1. The van der Waals surface area contributed by atoms with Crippen molar-refractivity contribution in [1.29, 1.82) is 0 Å². The van der Waals surface area contributed by atoms with Crippen LogP contribution in [0, 0.1) is 5.82 Å². The van der Waals surface area contributed by atoms with Crippen molar-refractivity contribution in [2.75, 3.05) is 30.8 Å². The fourth-order valence-electron chi connectivity index (χ4n) is 4.18. The molecule has 3 aromatic heterocycles. The van der Waals surface area contributed by atoms with E-state index in [1.54, 1.807) is 30.6 Å². The molecule has 1 aliphatic heterocycles.